The first-order valence-electron chi connectivity index (χ1n) is 7.68. The number of amides is 1. The number of H-pyrrole nitrogens is 1. The van der Waals surface area contributed by atoms with Crippen molar-refractivity contribution in [2.45, 2.75) is 13.3 Å². The molecule has 24 heavy (non-hydrogen) atoms. The summed E-state index contributed by atoms with van der Waals surface area (Å²) in [5, 5.41) is 2.81. The van der Waals surface area contributed by atoms with Crippen LogP contribution in [0.4, 0.5) is 0 Å². The van der Waals surface area contributed by atoms with Crippen LogP contribution in [-0.4, -0.2) is 24.0 Å². The van der Waals surface area contributed by atoms with Crippen molar-refractivity contribution in [3.8, 4) is 5.75 Å². The molecule has 0 unspecified atom stereocenters. The lowest BCUT2D eigenvalue weighted by Gasteiger charge is -2.08. The summed E-state index contributed by atoms with van der Waals surface area (Å²) in [6.45, 7) is 2.43. The SMILES string of the molecule is Cc1cccc(OCC(=O)NCCc2ccc3[nH]c(=O)oc3c2)c1. The van der Waals surface area contributed by atoms with Crippen molar-refractivity contribution >= 4 is 17.0 Å². The Kier molecular flexibility index (Phi) is 4.65. The number of benzene rings is 2. The van der Waals surface area contributed by atoms with Crippen LogP contribution in [0.25, 0.3) is 11.1 Å². The van der Waals surface area contributed by atoms with E-state index < -0.39 is 5.76 Å². The zero-order valence-electron chi connectivity index (χ0n) is 13.3. The monoisotopic (exact) mass is 326 g/mol. The van der Waals surface area contributed by atoms with Crippen LogP contribution < -0.4 is 15.8 Å². The predicted octanol–water partition coefficient (Wildman–Crippen LogP) is 2.17. The second-order valence-corrected chi connectivity index (χ2v) is 5.55. The Morgan fingerprint density at radius 3 is 2.96 bits per heavy atom. The van der Waals surface area contributed by atoms with Crippen molar-refractivity contribution < 1.29 is 13.9 Å². The molecule has 6 nitrogen and oxygen atoms in total. The second kappa shape index (κ2) is 7.04. The number of aromatic amines is 1. The van der Waals surface area contributed by atoms with Crippen molar-refractivity contribution in [1.82, 2.24) is 10.3 Å². The summed E-state index contributed by atoms with van der Waals surface area (Å²) in [5.41, 5.74) is 3.25. The number of nitrogens with one attached hydrogen (secondary N) is 2. The quantitative estimate of drug-likeness (QED) is 0.727. The van der Waals surface area contributed by atoms with Crippen molar-refractivity contribution in [1.29, 1.82) is 0 Å². The molecule has 1 heterocycles. The third-order valence-electron chi connectivity index (χ3n) is 3.58. The Morgan fingerprint density at radius 1 is 1.25 bits per heavy atom. The molecular weight excluding hydrogens is 308 g/mol. The molecule has 3 rings (SSSR count). The number of carbonyl (C=O) groups is 1. The molecule has 2 aromatic carbocycles. The fourth-order valence-electron chi connectivity index (χ4n) is 2.40. The highest BCUT2D eigenvalue weighted by molar-refractivity contribution is 5.77. The van der Waals surface area contributed by atoms with Gasteiger partial charge in [-0.1, -0.05) is 18.2 Å². The van der Waals surface area contributed by atoms with E-state index in [2.05, 4.69) is 10.3 Å². The number of ether oxygens (including phenoxy) is 1. The lowest BCUT2D eigenvalue weighted by molar-refractivity contribution is -0.123. The van der Waals surface area contributed by atoms with Gasteiger partial charge in [0.1, 0.15) is 5.75 Å². The molecular formula is C18H18N2O4. The molecule has 0 spiro atoms. The van der Waals surface area contributed by atoms with Crippen LogP contribution in [0.2, 0.25) is 0 Å². The highest BCUT2D eigenvalue weighted by Gasteiger charge is 2.05. The van der Waals surface area contributed by atoms with Gasteiger partial charge in [0, 0.05) is 6.54 Å². The Morgan fingerprint density at radius 2 is 2.12 bits per heavy atom. The van der Waals surface area contributed by atoms with Gasteiger partial charge in [-0.2, -0.15) is 0 Å². The summed E-state index contributed by atoms with van der Waals surface area (Å²) >= 11 is 0. The van der Waals surface area contributed by atoms with Gasteiger partial charge in [0.2, 0.25) is 0 Å². The van der Waals surface area contributed by atoms with Crippen LogP contribution in [0.3, 0.4) is 0 Å². The van der Waals surface area contributed by atoms with Gasteiger partial charge in [-0.05, 0) is 48.7 Å². The first-order chi connectivity index (χ1) is 11.6. The maximum atomic E-state index is 11.8. The number of aromatic nitrogens is 1. The number of aryl methyl sites for hydroxylation is 1. The molecule has 0 fully saturated rings. The van der Waals surface area contributed by atoms with Crippen LogP contribution in [-0.2, 0) is 11.2 Å². The van der Waals surface area contributed by atoms with Crippen molar-refractivity contribution in [2.75, 3.05) is 13.2 Å². The number of oxazole rings is 1. The van der Waals surface area contributed by atoms with E-state index in [1.807, 2.05) is 37.3 Å². The fraction of sp³-hybridized carbons (Fsp3) is 0.222. The number of hydrogen-bond acceptors (Lipinski definition) is 4. The topological polar surface area (TPSA) is 84.3 Å². The van der Waals surface area contributed by atoms with Gasteiger partial charge in [0.05, 0.1) is 5.52 Å². The summed E-state index contributed by atoms with van der Waals surface area (Å²) in [6.07, 6.45) is 0.640. The molecule has 0 saturated heterocycles. The summed E-state index contributed by atoms with van der Waals surface area (Å²) in [5.74, 6) is 0.0348. The molecule has 0 aliphatic rings. The van der Waals surface area contributed by atoms with E-state index in [0.717, 1.165) is 11.1 Å². The van der Waals surface area contributed by atoms with E-state index in [4.69, 9.17) is 9.15 Å². The molecule has 2 N–H and O–H groups in total. The van der Waals surface area contributed by atoms with Gasteiger partial charge in [0.25, 0.3) is 5.91 Å². The van der Waals surface area contributed by atoms with Crippen LogP contribution in [0, 0.1) is 6.92 Å². The average molecular weight is 326 g/mol. The van der Waals surface area contributed by atoms with Gasteiger partial charge >= 0.3 is 5.76 Å². The lowest BCUT2D eigenvalue weighted by atomic mass is 10.1. The number of hydrogen-bond donors (Lipinski definition) is 2. The maximum absolute atomic E-state index is 11.8. The minimum atomic E-state index is -0.469. The standard InChI is InChI=1S/C18H18N2O4/c1-12-3-2-4-14(9-12)23-11-17(21)19-8-7-13-5-6-15-16(10-13)24-18(22)20-15/h2-6,9-10H,7-8,11H2,1H3,(H,19,21)(H,20,22). The number of fused-ring (bicyclic) bond motifs is 1. The van der Waals surface area contributed by atoms with Crippen LogP contribution in [0.5, 0.6) is 5.75 Å². The van der Waals surface area contributed by atoms with Crippen molar-refractivity contribution in [2.24, 2.45) is 0 Å². The Balaban J connectivity index is 1.46. The molecule has 0 radical (unpaired) electrons. The first-order valence-corrected chi connectivity index (χ1v) is 7.68. The van der Waals surface area contributed by atoms with E-state index >= 15 is 0 Å². The minimum absolute atomic E-state index is 0.0187. The van der Waals surface area contributed by atoms with E-state index in [0.29, 0.717) is 29.8 Å². The largest absolute Gasteiger partial charge is 0.484 e. The Hall–Kier alpha value is -3.02. The smallest absolute Gasteiger partial charge is 0.417 e. The van der Waals surface area contributed by atoms with E-state index in [-0.39, 0.29) is 12.5 Å². The highest BCUT2D eigenvalue weighted by atomic mass is 16.5. The van der Waals surface area contributed by atoms with E-state index in [1.54, 1.807) is 12.1 Å². The van der Waals surface area contributed by atoms with Crippen LogP contribution >= 0.6 is 0 Å². The van der Waals surface area contributed by atoms with Gasteiger partial charge in [-0.15, -0.1) is 0 Å². The van der Waals surface area contributed by atoms with Gasteiger partial charge < -0.3 is 14.5 Å². The third-order valence-corrected chi connectivity index (χ3v) is 3.58. The van der Waals surface area contributed by atoms with Gasteiger partial charge in [0.15, 0.2) is 12.2 Å². The minimum Gasteiger partial charge on any atom is -0.484 e. The first kappa shape index (κ1) is 15.9. The Labute approximate surface area is 138 Å². The number of carbonyl (C=O) groups excluding carboxylic acids is 1. The summed E-state index contributed by atoms with van der Waals surface area (Å²) in [4.78, 5) is 25.5. The van der Waals surface area contributed by atoms with Gasteiger partial charge in [-0.3, -0.25) is 9.78 Å². The molecule has 1 amide bonds. The molecule has 0 bridgehead atoms. The van der Waals surface area contributed by atoms with Crippen molar-refractivity contribution in [3.63, 3.8) is 0 Å². The molecule has 0 saturated carbocycles. The van der Waals surface area contributed by atoms with Crippen LogP contribution in [0.15, 0.2) is 51.7 Å². The zero-order chi connectivity index (χ0) is 16.9. The summed E-state index contributed by atoms with van der Waals surface area (Å²) in [6, 6.07) is 13.0. The lowest BCUT2D eigenvalue weighted by Crippen LogP contribution is -2.30. The molecule has 124 valence electrons. The summed E-state index contributed by atoms with van der Waals surface area (Å²) < 4.78 is 10.5. The third kappa shape index (κ3) is 4.04. The normalized spacial score (nSPS) is 10.7. The summed E-state index contributed by atoms with van der Waals surface area (Å²) in [7, 11) is 0. The highest BCUT2D eigenvalue weighted by Crippen LogP contribution is 2.13. The second-order valence-electron chi connectivity index (χ2n) is 5.55. The molecule has 3 aromatic rings. The Bertz CT molecular complexity index is 911. The molecule has 1 aromatic heterocycles. The molecule has 6 heteroatoms. The zero-order valence-corrected chi connectivity index (χ0v) is 13.3. The van der Waals surface area contributed by atoms with Crippen molar-refractivity contribution in [3.05, 3.63) is 64.1 Å². The van der Waals surface area contributed by atoms with E-state index in [9.17, 15) is 9.59 Å². The molecule has 0 atom stereocenters. The molecule has 0 aliphatic carbocycles. The number of rotatable bonds is 6. The maximum Gasteiger partial charge on any atom is 0.417 e. The van der Waals surface area contributed by atoms with E-state index in [1.165, 1.54) is 0 Å². The molecule has 0 aliphatic heterocycles. The fourth-order valence-corrected chi connectivity index (χ4v) is 2.40. The van der Waals surface area contributed by atoms with Gasteiger partial charge in [-0.25, -0.2) is 4.79 Å². The predicted molar refractivity (Wildman–Crippen MR) is 90.2 cm³/mol. The average Bonchev–Trinajstić information content (AvgIpc) is 2.92. The van der Waals surface area contributed by atoms with Crippen LogP contribution in [0.1, 0.15) is 11.1 Å².